The Labute approximate surface area is 149 Å². The molecule has 1 aromatic heterocycles. The number of sulfonamides is 1. The van der Waals surface area contributed by atoms with Crippen LogP contribution in [-0.4, -0.2) is 25.6 Å². The van der Waals surface area contributed by atoms with Crippen LogP contribution >= 0.6 is 11.3 Å². The summed E-state index contributed by atoms with van der Waals surface area (Å²) in [6.45, 7) is 0. The summed E-state index contributed by atoms with van der Waals surface area (Å²) < 4.78 is 24.9. The number of rotatable bonds is 5. The summed E-state index contributed by atoms with van der Waals surface area (Å²) in [5.41, 5.74) is 2.54. The Kier molecular flexibility index (Phi) is 4.82. The predicted molar refractivity (Wildman–Crippen MR) is 100 cm³/mol. The number of benzene rings is 2. The smallest absolute Gasteiger partial charge is 0.284 e. The van der Waals surface area contributed by atoms with Gasteiger partial charge in [-0.05, 0) is 18.2 Å². The van der Waals surface area contributed by atoms with E-state index in [9.17, 15) is 13.2 Å². The average molecular weight is 373 g/mol. The van der Waals surface area contributed by atoms with Crippen LogP contribution in [0.1, 0.15) is 9.80 Å². The zero-order valence-electron chi connectivity index (χ0n) is 13.3. The first kappa shape index (κ1) is 17.1. The van der Waals surface area contributed by atoms with Gasteiger partial charge in [0.25, 0.3) is 5.91 Å². The molecule has 0 atom stereocenters. The van der Waals surface area contributed by atoms with Crippen molar-refractivity contribution in [1.29, 1.82) is 0 Å². The molecule has 128 valence electrons. The van der Waals surface area contributed by atoms with Crippen LogP contribution in [0.3, 0.4) is 0 Å². The minimum absolute atomic E-state index is 0.334. The van der Waals surface area contributed by atoms with Gasteiger partial charge in [0.1, 0.15) is 0 Å². The lowest BCUT2D eigenvalue weighted by molar-refractivity contribution is 0.102. The molecular formula is C17H15N3O3S2. The van der Waals surface area contributed by atoms with Gasteiger partial charge in [0, 0.05) is 16.6 Å². The van der Waals surface area contributed by atoms with Crippen LogP contribution in [0.4, 0.5) is 11.4 Å². The van der Waals surface area contributed by atoms with Gasteiger partial charge in [0.05, 0.1) is 17.6 Å². The van der Waals surface area contributed by atoms with Crippen molar-refractivity contribution in [3.05, 3.63) is 65.0 Å². The van der Waals surface area contributed by atoms with Gasteiger partial charge in [-0.25, -0.2) is 13.4 Å². The van der Waals surface area contributed by atoms with Crippen LogP contribution in [-0.2, 0) is 10.0 Å². The monoisotopic (exact) mass is 373 g/mol. The highest BCUT2D eigenvalue weighted by Crippen LogP contribution is 2.23. The summed E-state index contributed by atoms with van der Waals surface area (Å²) in [6, 6.07) is 16.1. The molecule has 3 rings (SSSR count). The third-order valence-corrected chi connectivity index (χ3v) is 4.64. The molecule has 0 radical (unpaired) electrons. The molecule has 0 unspecified atom stereocenters. The molecule has 3 aromatic rings. The van der Waals surface area contributed by atoms with E-state index < -0.39 is 10.0 Å². The fourth-order valence-corrected chi connectivity index (χ4v) is 3.45. The van der Waals surface area contributed by atoms with Gasteiger partial charge in [0.2, 0.25) is 10.0 Å². The molecule has 0 bridgehead atoms. The third kappa shape index (κ3) is 4.65. The van der Waals surface area contributed by atoms with Crippen molar-refractivity contribution in [3.8, 4) is 11.3 Å². The zero-order valence-corrected chi connectivity index (χ0v) is 14.9. The molecule has 0 saturated heterocycles. The van der Waals surface area contributed by atoms with E-state index in [1.807, 2.05) is 35.7 Å². The zero-order chi connectivity index (χ0) is 17.9. The number of carbonyl (C=O) groups is 1. The van der Waals surface area contributed by atoms with Crippen molar-refractivity contribution >= 4 is 38.6 Å². The average Bonchev–Trinajstić information content (AvgIpc) is 3.04. The van der Waals surface area contributed by atoms with Crippen LogP contribution in [0, 0.1) is 0 Å². The fourth-order valence-electron chi connectivity index (χ4n) is 2.18. The third-order valence-electron chi connectivity index (χ3n) is 3.19. The van der Waals surface area contributed by atoms with E-state index in [-0.39, 0.29) is 5.91 Å². The summed E-state index contributed by atoms with van der Waals surface area (Å²) in [5.74, 6) is -0.344. The molecule has 0 aliphatic rings. The number of anilines is 2. The Balaban J connectivity index is 1.75. The molecule has 8 heteroatoms. The van der Waals surface area contributed by atoms with Crippen molar-refractivity contribution in [2.75, 3.05) is 16.3 Å². The van der Waals surface area contributed by atoms with Crippen molar-refractivity contribution in [3.63, 3.8) is 0 Å². The van der Waals surface area contributed by atoms with Gasteiger partial charge >= 0.3 is 0 Å². The van der Waals surface area contributed by atoms with Gasteiger partial charge in [-0.1, -0.05) is 36.4 Å². The molecule has 1 amide bonds. The molecule has 25 heavy (non-hydrogen) atoms. The van der Waals surface area contributed by atoms with E-state index in [1.54, 1.807) is 24.3 Å². The summed E-state index contributed by atoms with van der Waals surface area (Å²) >= 11 is 1.25. The van der Waals surface area contributed by atoms with E-state index in [2.05, 4.69) is 15.0 Å². The highest BCUT2D eigenvalue weighted by molar-refractivity contribution is 7.92. The molecule has 6 nitrogen and oxygen atoms in total. The topological polar surface area (TPSA) is 88.2 Å². The van der Waals surface area contributed by atoms with E-state index >= 15 is 0 Å². The van der Waals surface area contributed by atoms with E-state index in [0.29, 0.717) is 16.4 Å². The quantitative estimate of drug-likeness (QED) is 0.717. The molecule has 0 aliphatic heterocycles. The van der Waals surface area contributed by atoms with Crippen molar-refractivity contribution in [2.45, 2.75) is 0 Å². The van der Waals surface area contributed by atoms with Crippen LogP contribution in [0.25, 0.3) is 11.3 Å². The van der Waals surface area contributed by atoms with E-state index in [4.69, 9.17) is 0 Å². The van der Waals surface area contributed by atoms with Crippen molar-refractivity contribution in [2.24, 2.45) is 0 Å². The maximum atomic E-state index is 12.4. The Hall–Kier alpha value is -2.71. The maximum Gasteiger partial charge on any atom is 0.284 e. The maximum absolute atomic E-state index is 12.4. The number of amides is 1. The summed E-state index contributed by atoms with van der Waals surface area (Å²) in [5, 5.41) is 4.88. The molecule has 0 fully saturated rings. The Morgan fingerprint density at radius 3 is 2.48 bits per heavy atom. The number of nitrogens with one attached hydrogen (secondary N) is 2. The van der Waals surface area contributed by atoms with E-state index in [1.165, 1.54) is 11.3 Å². The number of carbonyl (C=O) groups excluding carboxylic acids is 1. The first-order chi connectivity index (χ1) is 11.9. The minimum Gasteiger partial charge on any atom is -0.320 e. The summed E-state index contributed by atoms with van der Waals surface area (Å²) in [6.07, 6.45) is 1.07. The van der Waals surface area contributed by atoms with Crippen LogP contribution < -0.4 is 10.0 Å². The summed E-state index contributed by atoms with van der Waals surface area (Å²) in [4.78, 5) is 16.7. The van der Waals surface area contributed by atoms with Crippen LogP contribution in [0.15, 0.2) is 60.0 Å². The number of nitrogens with zero attached hydrogens (tertiary/aromatic N) is 1. The lowest BCUT2D eigenvalue weighted by Crippen LogP contribution is -2.13. The van der Waals surface area contributed by atoms with E-state index in [0.717, 1.165) is 17.5 Å². The SMILES string of the molecule is CS(=O)(=O)Nc1cccc(NC(=O)c2nc(-c3ccccc3)cs2)c1. The Bertz CT molecular complexity index is 999. The van der Waals surface area contributed by atoms with Gasteiger partial charge < -0.3 is 5.32 Å². The van der Waals surface area contributed by atoms with Crippen molar-refractivity contribution in [1.82, 2.24) is 4.98 Å². The number of aromatic nitrogens is 1. The van der Waals surface area contributed by atoms with Crippen molar-refractivity contribution < 1.29 is 13.2 Å². The fraction of sp³-hybridized carbons (Fsp3) is 0.0588. The molecule has 0 spiro atoms. The highest BCUT2D eigenvalue weighted by Gasteiger charge is 2.13. The molecular weight excluding hydrogens is 358 g/mol. The normalized spacial score (nSPS) is 11.1. The number of hydrogen-bond donors (Lipinski definition) is 2. The minimum atomic E-state index is -3.37. The number of thiazole rings is 1. The molecule has 0 aliphatic carbocycles. The lowest BCUT2D eigenvalue weighted by Gasteiger charge is -2.07. The molecule has 1 heterocycles. The largest absolute Gasteiger partial charge is 0.320 e. The summed E-state index contributed by atoms with van der Waals surface area (Å²) in [7, 11) is -3.37. The highest BCUT2D eigenvalue weighted by atomic mass is 32.2. The van der Waals surface area contributed by atoms with Gasteiger partial charge in [-0.2, -0.15) is 0 Å². The van der Waals surface area contributed by atoms with Crippen LogP contribution in [0.5, 0.6) is 0 Å². The first-order valence-electron chi connectivity index (χ1n) is 7.31. The standard InChI is InChI=1S/C17H15N3O3S2/c1-25(22,23)20-14-9-5-8-13(10-14)18-16(21)17-19-15(11-24-17)12-6-3-2-4-7-12/h2-11,20H,1H3,(H,18,21). The first-order valence-corrected chi connectivity index (χ1v) is 10.1. The van der Waals surface area contributed by atoms with Gasteiger partial charge in [-0.15, -0.1) is 11.3 Å². The van der Waals surface area contributed by atoms with Gasteiger partial charge in [-0.3, -0.25) is 9.52 Å². The lowest BCUT2D eigenvalue weighted by atomic mass is 10.2. The molecule has 2 aromatic carbocycles. The second kappa shape index (κ2) is 7.04. The molecule has 2 N–H and O–H groups in total. The Morgan fingerprint density at radius 2 is 1.76 bits per heavy atom. The number of hydrogen-bond acceptors (Lipinski definition) is 5. The second-order valence-corrected chi connectivity index (χ2v) is 7.92. The van der Waals surface area contributed by atoms with Crippen LogP contribution in [0.2, 0.25) is 0 Å². The second-order valence-electron chi connectivity index (χ2n) is 5.31. The predicted octanol–water partition coefficient (Wildman–Crippen LogP) is 3.43. The Morgan fingerprint density at radius 1 is 1.04 bits per heavy atom. The van der Waals surface area contributed by atoms with Gasteiger partial charge in [0.15, 0.2) is 5.01 Å². The molecule has 0 saturated carbocycles.